The summed E-state index contributed by atoms with van der Waals surface area (Å²) in [6.45, 7) is 2.93. The zero-order valence-electron chi connectivity index (χ0n) is 9.52. The summed E-state index contributed by atoms with van der Waals surface area (Å²) in [7, 11) is 0. The molecule has 2 amide bonds. The fourth-order valence-corrected chi connectivity index (χ4v) is 1.75. The topological polar surface area (TPSA) is 98.7 Å². The summed E-state index contributed by atoms with van der Waals surface area (Å²) in [5, 5.41) is 0. The summed E-state index contributed by atoms with van der Waals surface area (Å²) in [6, 6.07) is -1.23. The smallest absolute Gasteiger partial charge is 0.242 e. The van der Waals surface area contributed by atoms with E-state index in [2.05, 4.69) is 0 Å². The van der Waals surface area contributed by atoms with Crippen LogP contribution in [0.3, 0.4) is 0 Å². The second-order valence-corrected chi connectivity index (χ2v) is 3.92. The number of morpholine rings is 1. The lowest BCUT2D eigenvalue weighted by Crippen LogP contribution is -2.58. The van der Waals surface area contributed by atoms with Crippen molar-refractivity contribution in [1.82, 2.24) is 4.90 Å². The molecule has 6 heteroatoms. The van der Waals surface area contributed by atoms with Crippen molar-refractivity contribution in [2.45, 2.75) is 31.8 Å². The van der Waals surface area contributed by atoms with Crippen LogP contribution in [0.1, 0.15) is 19.8 Å². The van der Waals surface area contributed by atoms with Gasteiger partial charge in [-0.25, -0.2) is 0 Å². The molecular weight excluding hydrogens is 210 g/mol. The molecule has 0 saturated carbocycles. The molecule has 0 aromatic carbocycles. The molecule has 0 radical (unpaired) electrons. The first-order chi connectivity index (χ1) is 7.57. The van der Waals surface area contributed by atoms with E-state index >= 15 is 0 Å². The van der Waals surface area contributed by atoms with E-state index in [-0.39, 0.29) is 12.5 Å². The highest BCUT2D eigenvalue weighted by Crippen LogP contribution is 2.10. The van der Waals surface area contributed by atoms with Gasteiger partial charge >= 0.3 is 0 Å². The highest BCUT2D eigenvalue weighted by molar-refractivity contribution is 5.89. The maximum absolute atomic E-state index is 11.9. The lowest BCUT2D eigenvalue weighted by Gasteiger charge is -2.35. The Morgan fingerprint density at radius 3 is 2.81 bits per heavy atom. The van der Waals surface area contributed by atoms with E-state index in [4.69, 9.17) is 16.2 Å². The molecule has 1 fully saturated rings. The van der Waals surface area contributed by atoms with Crippen LogP contribution in [0.5, 0.6) is 0 Å². The van der Waals surface area contributed by atoms with Crippen molar-refractivity contribution in [3.05, 3.63) is 0 Å². The second-order valence-electron chi connectivity index (χ2n) is 3.92. The second kappa shape index (κ2) is 5.81. The fraction of sp³-hybridized carbons (Fsp3) is 0.800. The number of hydrogen-bond donors (Lipinski definition) is 2. The summed E-state index contributed by atoms with van der Waals surface area (Å²) >= 11 is 0. The van der Waals surface area contributed by atoms with Crippen LogP contribution in [0.15, 0.2) is 0 Å². The summed E-state index contributed by atoms with van der Waals surface area (Å²) in [6.07, 6.45) is 1.44. The lowest BCUT2D eigenvalue weighted by molar-refractivity contribution is -0.148. The van der Waals surface area contributed by atoms with Crippen molar-refractivity contribution in [3.8, 4) is 0 Å². The summed E-state index contributed by atoms with van der Waals surface area (Å²) < 4.78 is 5.13. The molecule has 92 valence electrons. The number of rotatable bonds is 4. The Morgan fingerprint density at radius 1 is 1.56 bits per heavy atom. The molecule has 1 aliphatic rings. The van der Waals surface area contributed by atoms with Crippen LogP contribution in [0, 0.1) is 0 Å². The van der Waals surface area contributed by atoms with E-state index in [1.54, 1.807) is 0 Å². The monoisotopic (exact) mass is 229 g/mol. The number of carbonyl (C=O) groups excluding carboxylic acids is 2. The Morgan fingerprint density at radius 2 is 2.25 bits per heavy atom. The van der Waals surface area contributed by atoms with Crippen LogP contribution in [-0.2, 0) is 14.3 Å². The molecule has 1 saturated heterocycles. The van der Waals surface area contributed by atoms with Gasteiger partial charge < -0.3 is 21.1 Å². The van der Waals surface area contributed by atoms with Gasteiger partial charge in [0.2, 0.25) is 11.8 Å². The summed E-state index contributed by atoms with van der Waals surface area (Å²) in [5.74, 6) is -0.759. The van der Waals surface area contributed by atoms with E-state index in [0.717, 1.165) is 6.42 Å². The van der Waals surface area contributed by atoms with Crippen molar-refractivity contribution in [3.63, 3.8) is 0 Å². The number of carbonyl (C=O) groups is 2. The number of hydrogen-bond acceptors (Lipinski definition) is 4. The van der Waals surface area contributed by atoms with E-state index in [1.165, 1.54) is 4.90 Å². The SMILES string of the molecule is CCC[C@@H](N)C(=O)N1CCOCC1C(N)=O. The number of nitrogens with zero attached hydrogens (tertiary/aromatic N) is 1. The lowest BCUT2D eigenvalue weighted by atomic mass is 10.1. The maximum Gasteiger partial charge on any atom is 0.242 e. The highest BCUT2D eigenvalue weighted by atomic mass is 16.5. The molecule has 2 atom stereocenters. The van der Waals surface area contributed by atoms with Gasteiger partial charge in [-0.3, -0.25) is 9.59 Å². The quantitative estimate of drug-likeness (QED) is 0.634. The van der Waals surface area contributed by atoms with Gasteiger partial charge in [0.1, 0.15) is 6.04 Å². The normalized spacial score (nSPS) is 22.9. The molecular formula is C10H19N3O3. The Bertz CT molecular complexity index is 270. The van der Waals surface area contributed by atoms with Gasteiger partial charge in [0.25, 0.3) is 0 Å². The summed E-state index contributed by atoms with van der Waals surface area (Å²) in [4.78, 5) is 24.5. The van der Waals surface area contributed by atoms with Gasteiger partial charge in [0.15, 0.2) is 0 Å². The number of nitrogens with two attached hydrogens (primary N) is 2. The van der Waals surface area contributed by atoms with Gasteiger partial charge in [0.05, 0.1) is 19.3 Å². The van der Waals surface area contributed by atoms with Crippen molar-refractivity contribution in [2.75, 3.05) is 19.8 Å². The first-order valence-electron chi connectivity index (χ1n) is 5.51. The minimum atomic E-state index is -0.677. The van der Waals surface area contributed by atoms with Crippen molar-refractivity contribution in [2.24, 2.45) is 11.5 Å². The van der Waals surface area contributed by atoms with Crippen molar-refractivity contribution >= 4 is 11.8 Å². The molecule has 1 heterocycles. The Labute approximate surface area is 94.9 Å². The fourth-order valence-electron chi connectivity index (χ4n) is 1.75. The Balaban J connectivity index is 2.67. The predicted molar refractivity (Wildman–Crippen MR) is 58.4 cm³/mol. The van der Waals surface area contributed by atoms with E-state index in [9.17, 15) is 9.59 Å². The largest absolute Gasteiger partial charge is 0.377 e. The first-order valence-corrected chi connectivity index (χ1v) is 5.51. The van der Waals surface area contributed by atoms with Crippen LogP contribution in [0.4, 0.5) is 0 Å². The molecule has 1 rings (SSSR count). The van der Waals surface area contributed by atoms with Crippen LogP contribution in [0.2, 0.25) is 0 Å². The third-order valence-electron chi connectivity index (χ3n) is 2.66. The van der Waals surface area contributed by atoms with Crippen LogP contribution >= 0.6 is 0 Å². The van der Waals surface area contributed by atoms with Gasteiger partial charge in [-0.05, 0) is 6.42 Å². The third-order valence-corrected chi connectivity index (χ3v) is 2.66. The van der Waals surface area contributed by atoms with Crippen molar-refractivity contribution in [1.29, 1.82) is 0 Å². The molecule has 0 aliphatic carbocycles. The maximum atomic E-state index is 11.9. The van der Waals surface area contributed by atoms with E-state index in [0.29, 0.717) is 19.6 Å². The number of ether oxygens (including phenoxy) is 1. The predicted octanol–water partition coefficient (Wildman–Crippen LogP) is -1.17. The third kappa shape index (κ3) is 2.93. The van der Waals surface area contributed by atoms with Crippen LogP contribution in [-0.4, -0.2) is 48.6 Å². The summed E-state index contributed by atoms with van der Waals surface area (Å²) in [5.41, 5.74) is 11.0. The van der Waals surface area contributed by atoms with Crippen molar-refractivity contribution < 1.29 is 14.3 Å². The minimum absolute atomic E-state index is 0.167. The highest BCUT2D eigenvalue weighted by Gasteiger charge is 2.33. The molecule has 4 N–H and O–H groups in total. The Hall–Kier alpha value is -1.14. The van der Waals surface area contributed by atoms with Crippen LogP contribution < -0.4 is 11.5 Å². The average Bonchev–Trinajstić information content (AvgIpc) is 2.28. The number of primary amides is 1. The molecule has 0 spiro atoms. The molecule has 0 aromatic rings. The standard InChI is InChI=1S/C10H19N3O3/c1-2-3-7(11)10(15)13-4-5-16-6-8(13)9(12)14/h7-8H,2-6,11H2,1H3,(H2,12,14)/t7-,8?/m1/s1. The van der Waals surface area contributed by atoms with Crippen LogP contribution in [0.25, 0.3) is 0 Å². The molecule has 0 aromatic heterocycles. The molecule has 1 aliphatic heterocycles. The van der Waals surface area contributed by atoms with Gasteiger partial charge in [-0.2, -0.15) is 0 Å². The molecule has 1 unspecified atom stereocenters. The number of amides is 2. The van der Waals surface area contributed by atoms with Gasteiger partial charge in [-0.1, -0.05) is 13.3 Å². The van der Waals surface area contributed by atoms with E-state index in [1.807, 2.05) is 6.92 Å². The van der Waals surface area contributed by atoms with Gasteiger partial charge in [0, 0.05) is 6.54 Å². The average molecular weight is 229 g/mol. The minimum Gasteiger partial charge on any atom is -0.377 e. The first kappa shape index (κ1) is 12.9. The zero-order chi connectivity index (χ0) is 12.1. The zero-order valence-corrected chi connectivity index (χ0v) is 9.52. The van der Waals surface area contributed by atoms with E-state index < -0.39 is 18.0 Å². The van der Waals surface area contributed by atoms with Gasteiger partial charge in [-0.15, -0.1) is 0 Å². The molecule has 0 bridgehead atoms. The molecule has 16 heavy (non-hydrogen) atoms. The Kier molecular flexibility index (Phi) is 4.70. The molecule has 6 nitrogen and oxygen atoms in total.